The third kappa shape index (κ3) is 6.57. The molecule has 44 heavy (non-hydrogen) atoms. The molecule has 232 valence electrons. The number of H-pyrrole nitrogens is 2. The molecule has 0 aromatic carbocycles. The summed E-state index contributed by atoms with van der Waals surface area (Å²) in [5.41, 5.74) is 8.34. The molecule has 0 bridgehead atoms. The molecule has 0 aliphatic carbocycles. The maximum atomic E-state index is 12.4. The Hall–Kier alpha value is -4.77. The van der Waals surface area contributed by atoms with E-state index in [1.54, 1.807) is 19.1 Å². The zero-order chi connectivity index (χ0) is 32.3. The fourth-order valence-electron chi connectivity index (χ4n) is 5.75. The molecule has 2 amide bonds. The van der Waals surface area contributed by atoms with Gasteiger partial charge in [0.05, 0.1) is 5.71 Å². The summed E-state index contributed by atoms with van der Waals surface area (Å²) in [6, 6.07) is 0. The number of amides is 2. The molecule has 11 heteroatoms. The zero-order valence-electron chi connectivity index (χ0n) is 25.6. The number of carboxylic acid groups (broad SMARTS) is 2. The number of hydrogen-bond donors (Lipinski definition) is 6. The highest BCUT2D eigenvalue weighted by atomic mass is 16.4. The van der Waals surface area contributed by atoms with Gasteiger partial charge in [-0.1, -0.05) is 6.92 Å². The number of aliphatic carboxylic acids is 2. The van der Waals surface area contributed by atoms with Crippen LogP contribution in [0.4, 0.5) is 0 Å². The number of nitrogens with one attached hydrogen (secondary N) is 3. The van der Waals surface area contributed by atoms with Crippen molar-refractivity contribution in [2.75, 3.05) is 6.61 Å². The first-order chi connectivity index (χ1) is 20.9. The summed E-state index contributed by atoms with van der Waals surface area (Å²) in [5, 5.41) is 32.6. The molecular formula is C33H38N4O7. The number of allylic oxidation sites excluding steroid dienone is 2. The summed E-state index contributed by atoms with van der Waals surface area (Å²) in [7, 11) is 0. The van der Waals surface area contributed by atoms with Crippen LogP contribution in [0.15, 0.2) is 33.0 Å². The number of hydrogen-bond acceptors (Lipinski definition) is 5. The van der Waals surface area contributed by atoms with Crippen molar-refractivity contribution in [1.29, 1.82) is 0 Å². The largest absolute Gasteiger partial charge is 0.481 e. The van der Waals surface area contributed by atoms with Gasteiger partial charge >= 0.3 is 11.9 Å². The molecule has 11 nitrogen and oxygen atoms in total. The lowest BCUT2D eigenvalue weighted by molar-refractivity contribution is -0.138. The lowest BCUT2D eigenvalue weighted by atomic mass is 10.0. The predicted molar refractivity (Wildman–Crippen MR) is 166 cm³/mol. The van der Waals surface area contributed by atoms with Crippen molar-refractivity contribution < 1.29 is 34.5 Å². The van der Waals surface area contributed by atoms with Gasteiger partial charge in [-0.15, -0.1) is 0 Å². The monoisotopic (exact) mass is 602 g/mol. The fraction of sp³-hybridized carbons (Fsp3) is 0.364. The summed E-state index contributed by atoms with van der Waals surface area (Å²) in [6.45, 7) is 9.10. The fourth-order valence-corrected chi connectivity index (χ4v) is 5.75. The standard InChI is InChI=1S/C33H38N4O7/c1-6-20-16(2)26(36-33(20)44)13-24-17(3)21(7-9-30(39)40)27(34-24)15-28-22(8-10-31(41)42)18(4)25(35-28)14-29-23(11-12-38)19(5)32(43)37-29/h13-15,34-35,38H,6-12H2,1-5H3,(H,37,43)(H,39,40)(H,41,42). The van der Waals surface area contributed by atoms with E-state index in [-0.39, 0.29) is 44.1 Å². The highest BCUT2D eigenvalue weighted by Gasteiger charge is 2.25. The van der Waals surface area contributed by atoms with E-state index in [1.807, 2.05) is 33.8 Å². The van der Waals surface area contributed by atoms with E-state index >= 15 is 0 Å². The second-order valence-electron chi connectivity index (χ2n) is 11.0. The molecule has 0 saturated heterocycles. The zero-order valence-corrected chi connectivity index (χ0v) is 25.6. The number of aliphatic imine (C=N–C) groups is 1. The normalized spacial score (nSPS) is 17.0. The second kappa shape index (κ2) is 13.3. The SMILES string of the molecule is CCC1=C(C)C(C=c2[nH]c(=Cc3[nH]c(C=C4NC(=O)C(C)=C4CCO)c(C)c3CCC(=O)O)c(CCC(=O)O)c2C)=NC1=O. The minimum atomic E-state index is -0.945. The first-order valence-corrected chi connectivity index (χ1v) is 14.6. The topological polar surface area (TPSA) is 185 Å². The second-order valence-corrected chi connectivity index (χ2v) is 11.0. The Labute approximate surface area is 254 Å². The smallest absolute Gasteiger partial charge is 0.303 e. The Balaban J connectivity index is 1.91. The van der Waals surface area contributed by atoms with E-state index < -0.39 is 11.9 Å². The minimum Gasteiger partial charge on any atom is -0.481 e. The van der Waals surface area contributed by atoms with E-state index in [1.165, 1.54) is 0 Å². The summed E-state index contributed by atoms with van der Waals surface area (Å²) in [5.74, 6) is -2.37. The number of aliphatic hydroxyl groups is 1. The van der Waals surface area contributed by atoms with Gasteiger partial charge in [0.25, 0.3) is 11.8 Å². The highest BCUT2D eigenvalue weighted by molar-refractivity contribution is 6.30. The first-order valence-electron chi connectivity index (χ1n) is 14.6. The van der Waals surface area contributed by atoms with E-state index in [9.17, 15) is 34.5 Å². The minimum absolute atomic E-state index is 0.0939. The molecule has 0 unspecified atom stereocenters. The molecule has 4 heterocycles. The Morgan fingerprint density at radius 3 is 2.02 bits per heavy atom. The highest BCUT2D eigenvalue weighted by Crippen LogP contribution is 2.28. The van der Waals surface area contributed by atoms with E-state index in [4.69, 9.17) is 0 Å². The molecule has 2 aromatic heterocycles. The van der Waals surface area contributed by atoms with Gasteiger partial charge in [-0.05, 0) is 105 Å². The van der Waals surface area contributed by atoms with Gasteiger partial charge in [-0.3, -0.25) is 19.2 Å². The van der Waals surface area contributed by atoms with Crippen molar-refractivity contribution in [3.63, 3.8) is 0 Å². The van der Waals surface area contributed by atoms with Crippen LogP contribution in [0.3, 0.4) is 0 Å². The molecule has 6 N–H and O–H groups in total. The third-order valence-electron chi connectivity index (χ3n) is 8.34. The summed E-state index contributed by atoms with van der Waals surface area (Å²) in [4.78, 5) is 58.7. The number of carbonyl (C=O) groups is 4. The van der Waals surface area contributed by atoms with Gasteiger partial charge in [-0.2, -0.15) is 0 Å². The van der Waals surface area contributed by atoms with Gasteiger partial charge in [-0.25, -0.2) is 4.99 Å². The van der Waals surface area contributed by atoms with Crippen molar-refractivity contribution >= 4 is 47.7 Å². The van der Waals surface area contributed by atoms with Crippen molar-refractivity contribution in [3.8, 4) is 0 Å². The maximum absolute atomic E-state index is 12.4. The molecule has 2 aliphatic rings. The molecule has 0 atom stereocenters. The van der Waals surface area contributed by atoms with Gasteiger partial charge in [0.15, 0.2) is 0 Å². The molecule has 4 rings (SSSR count). The van der Waals surface area contributed by atoms with Crippen molar-refractivity contribution in [3.05, 3.63) is 72.3 Å². The number of aromatic amines is 2. The lowest BCUT2D eigenvalue weighted by Crippen LogP contribution is -2.15. The molecule has 2 aromatic rings. The first kappa shape index (κ1) is 32.2. The average Bonchev–Trinajstić information content (AvgIpc) is 3.60. The van der Waals surface area contributed by atoms with Crippen LogP contribution >= 0.6 is 0 Å². The predicted octanol–water partition coefficient (Wildman–Crippen LogP) is 2.48. The molecule has 2 aliphatic heterocycles. The van der Waals surface area contributed by atoms with Crippen molar-refractivity contribution in [2.45, 2.75) is 73.1 Å². The number of rotatable bonds is 12. The number of carbonyl (C=O) groups excluding carboxylic acids is 2. The lowest BCUT2D eigenvalue weighted by Gasteiger charge is -2.05. The Morgan fingerprint density at radius 2 is 1.43 bits per heavy atom. The van der Waals surface area contributed by atoms with Crippen LogP contribution in [0.5, 0.6) is 0 Å². The summed E-state index contributed by atoms with van der Waals surface area (Å²) >= 11 is 0. The Kier molecular flexibility index (Phi) is 9.68. The van der Waals surface area contributed by atoms with E-state index in [0.29, 0.717) is 63.1 Å². The van der Waals surface area contributed by atoms with Crippen LogP contribution < -0.4 is 16.0 Å². The molecule has 0 radical (unpaired) electrons. The third-order valence-corrected chi connectivity index (χ3v) is 8.34. The number of aliphatic hydroxyl groups excluding tert-OH is 1. The number of nitrogens with zero attached hydrogens (tertiary/aromatic N) is 1. The van der Waals surface area contributed by atoms with E-state index in [0.717, 1.165) is 27.8 Å². The van der Waals surface area contributed by atoms with Gasteiger partial charge in [0, 0.05) is 58.4 Å². The molecule has 0 saturated carbocycles. The Morgan fingerprint density at radius 1 is 0.773 bits per heavy atom. The van der Waals surface area contributed by atoms with Crippen LogP contribution in [0.2, 0.25) is 0 Å². The quantitative estimate of drug-likeness (QED) is 0.215. The van der Waals surface area contributed by atoms with Crippen LogP contribution in [0, 0.1) is 13.8 Å². The summed E-state index contributed by atoms with van der Waals surface area (Å²) in [6.07, 6.45) is 6.60. The summed E-state index contributed by atoms with van der Waals surface area (Å²) < 4.78 is 0. The Bertz CT molecular complexity index is 1810. The van der Waals surface area contributed by atoms with Gasteiger partial charge in [0.1, 0.15) is 0 Å². The van der Waals surface area contributed by atoms with Gasteiger partial charge in [0.2, 0.25) is 0 Å². The maximum Gasteiger partial charge on any atom is 0.303 e. The van der Waals surface area contributed by atoms with Crippen LogP contribution in [0.1, 0.15) is 80.1 Å². The average molecular weight is 603 g/mol. The van der Waals surface area contributed by atoms with Crippen molar-refractivity contribution in [1.82, 2.24) is 15.3 Å². The number of aromatic nitrogens is 2. The van der Waals surface area contributed by atoms with Crippen LogP contribution in [-0.2, 0) is 32.0 Å². The van der Waals surface area contributed by atoms with Crippen molar-refractivity contribution in [2.24, 2.45) is 4.99 Å². The van der Waals surface area contributed by atoms with Crippen LogP contribution in [-0.4, -0.2) is 61.4 Å². The molecular weight excluding hydrogens is 564 g/mol. The molecule has 0 spiro atoms. The molecule has 0 fully saturated rings. The number of carboxylic acids is 2. The van der Waals surface area contributed by atoms with Crippen LogP contribution in [0.25, 0.3) is 18.2 Å². The van der Waals surface area contributed by atoms with Gasteiger partial charge < -0.3 is 30.6 Å². The van der Waals surface area contributed by atoms with E-state index in [2.05, 4.69) is 20.3 Å².